The number of ether oxygens (including phenoxy) is 9. The number of nitrogens with zero attached hydrogens (tertiary/aromatic N) is 2. The van der Waals surface area contributed by atoms with Crippen LogP contribution in [0.3, 0.4) is 0 Å². The molecule has 29 heteroatoms. The van der Waals surface area contributed by atoms with Gasteiger partial charge in [0.15, 0.2) is 0 Å². The number of ketones is 4. The van der Waals surface area contributed by atoms with Crippen LogP contribution < -0.4 is 10.6 Å². The number of hydrogen-bond donors (Lipinski definition) is 8. The Hall–Kier alpha value is -7.16. The van der Waals surface area contributed by atoms with Crippen molar-refractivity contribution in [1.29, 1.82) is 0 Å². The number of allylic oxidation sites excluding steroid dienone is 6. The lowest BCUT2D eigenvalue weighted by molar-refractivity contribution is -0.302. The number of rotatable bonds is 19. The van der Waals surface area contributed by atoms with Gasteiger partial charge in [-0.1, -0.05) is 122 Å². The van der Waals surface area contributed by atoms with Gasteiger partial charge < -0.3 is 93.7 Å². The van der Waals surface area contributed by atoms with Crippen LogP contribution in [-0.4, -0.2) is 238 Å². The Morgan fingerprint density at radius 1 is 0.480 bits per heavy atom. The summed E-state index contributed by atoms with van der Waals surface area (Å²) in [6.45, 7) is 24.4. The normalized spacial score (nSPS) is 38.0. The van der Waals surface area contributed by atoms with Crippen LogP contribution in [0.15, 0.2) is 70.9 Å². The summed E-state index contributed by atoms with van der Waals surface area (Å²) in [7, 11) is 4.53. The molecule has 2 saturated carbocycles. The number of aliphatic hydroxyl groups excluding tert-OH is 4. The first-order valence-corrected chi connectivity index (χ1v) is 47.1. The minimum Gasteiger partial charge on any atom is -0.456 e. The Balaban J connectivity index is 0.819. The van der Waals surface area contributed by atoms with Crippen LogP contribution in [-0.2, 0) is 94.1 Å². The fraction of sp³-hybridized carbons (Fsp3) is 0.755. The summed E-state index contributed by atoms with van der Waals surface area (Å²) < 4.78 is 54.5. The van der Waals surface area contributed by atoms with Crippen molar-refractivity contribution in [3.8, 4) is 0 Å². The Morgan fingerprint density at radius 3 is 1.34 bits per heavy atom. The van der Waals surface area contributed by atoms with Crippen molar-refractivity contribution < 1.29 is 121 Å². The van der Waals surface area contributed by atoms with E-state index in [0.29, 0.717) is 107 Å². The number of cyclic esters (lactones) is 2. The molecule has 127 heavy (non-hydrogen) atoms. The lowest BCUT2D eigenvalue weighted by Crippen LogP contribution is -2.64. The van der Waals surface area contributed by atoms with Gasteiger partial charge in [-0.25, -0.2) is 19.2 Å². The first-order valence-electron chi connectivity index (χ1n) is 47.1. The van der Waals surface area contributed by atoms with Crippen molar-refractivity contribution in [2.45, 2.75) is 348 Å². The van der Waals surface area contributed by atoms with Crippen LogP contribution in [0.5, 0.6) is 0 Å². The fourth-order valence-corrected chi connectivity index (χ4v) is 21.2. The number of Topliss-reactive ketones (excluding diaryl/α,β-unsaturated/α-hetero) is 4. The molecule has 6 aliphatic heterocycles. The van der Waals surface area contributed by atoms with Crippen molar-refractivity contribution in [3.05, 3.63) is 82.0 Å². The number of benzene rings is 1. The smallest absolute Gasteiger partial charge is 0.407 e. The highest BCUT2D eigenvalue weighted by Gasteiger charge is 2.58. The number of esters is 2. The summed E-state index contributed by atoms with van der Waals surface area (Å²) in [5.41, 5.74) is 4.41. The topological polar surface area (TPSA) is 406 Å². The zero-order chi connectivity index (χ0) is 93.1. The SMILES string of the molecule is CO[C@H]1C[C@@H](C)C/C(C)=C/[C@@H](CCCOC(=O)NCc2ccc(CNC(=O)OCCCC3/C=C(\C)C[C@H](C)C[C@H](C)[C@H]4O[C@@](O)(C(=O)C(=O)N5CCCC[C@H]5C(=O)O[C@H](/C(C)=C/[C@@H]5CC[C@@H](O)[C@H](OC)C5)[C@H](C)[C@@H](O)CC3=O)[C@H](C)C[C@@H]4C)cc2)C(=O)C[C@H](O)[C@@H](C)[C@@H](/C(C)=C/[C@@H]2CC[C@@H](O)[C@H](C)C2)OC(=O)[C@@H]2CCCCN2C(=O)C(=O)[C@]2(O)O[C@H]1[C@@H](OC)C[C@H]2C. The van der Waals surface area contributed by atoms with E-state index in [1.165, 1.54) is 19.1 Å². The number of alkyl carbamates (subject to hydrolysis) is 2. The van der Waals surface area contributed by atoms with Crippen LogP contribution in [0.4, 0.5) is 9.59 Å². The van der Waals surface area contributed by atoms with Crippen LogP contribution in [0, 0.1) is 76.9 Å². The minimum absolute atomic E-state index is 0.00314. The molecule has 1 unspecified atom stereocenters. The molecule has 8 N–H and O–H groups in total. The predicted molar refractivity (Wildman–Crippen MR) is 472 cm³/mol. The molecule has 6 fully saturated rings. The molecule has 0 radical (unpaired) electrons. The van der Waals surface area contributed by atoms with Gasteiger partial charge in [0.1, 0.15) is 42.0 Å². The van der Waals surface area contributed by atoms with Gasteiger partial charge in [-0.05, 0) is 233 Å². The van der Waals surface area contributed by atoms with Crippen LogP contribution in [0.25, 0.3) is 0 Å². The van der Waals surface area contributed by atoms with E-state index in [1.54, 1.807) is 72.9 Å². The Morgan fingerprint density at radius 2 is 0.890 bits per heavy atom. The summed E-state index contributed by atoms with van der Waals surface area (Å²) in [6, 6.07) is 4.75. The quantitative estimate of drug-likeness (QED) is 0.0210. The highest BCUT2D eigenvalue weighted by Crippen LogP contribution is 2.45. The molecule has 1 aromatic rings. The summed E-state index contributed by atoms with van der Waals surface area (Å²) in [5, 5.41) is 75.9. The number of nitrogens with one attached hydrogen (secondary N) is 2. The second-order valence-corrected chi connectivity index (χ2v) is 39.2. The summed E-state index contributed by atoms with van der Waals surface area (Å²) in [5.74, 6) is -17.0. The van der Waals surface area contributed by atoms with Gasteiger partial charge in [-0.3, -0.25) is 28.8 Å². The van der Waals surface area contributed by atoms with Gasteiger partial charge in [0.25, 0.3) is 23.4 Å². The van der Waals surface area contributed by atoms with E-state index in [-0.39, 0.29) is 150 Å². The van der Waals surface area contributed by atoms with E-state index in [0.717, 1.165) is 27.2 Å². The number of amides is 4. The molecule has 4 saturated heterocycles. The zero-order valence-electron chi connectivity index (χ0n) is 78.2. The molecule has 4 bridgehead atoms. The van der Waals surface area contributed by atoms with E-state index in [9.17, 15) is 78.6 Å². The van der Waals surface area contributed by atoms with Crippen molar-refractivity contribution >= 4 is 59.1 Å². The highest BCUT2D eigenvalue weighted by atomic mass is 16.7. The molecule has 29 nitrogen and oxygen atoms in total. The van der Waals surface area contributed by atoms with Crippen molar-refractivity contribution in [2.75, 3.05) is 47.6 Å². The molecule has 0 spiro atoms. The maximum Gasteiger partial charge on any atom is 0.407 e. The number of aliphatic hydroxyl groups is 6. The molecule has 28 atom stereocenters. The number of hydrogen-bond acceptors (Lipinski definition) is 25. The van der Waals surface area contributed by atoms with Gasteiger partial charge in [0.2, 0.25) is 11.6 Å². The van der Waals surface area contributed by atoms with Gasteiger partial charge in [-0.2, -0.15) is 0 Å². The summed E-state index contributed by atoms with van der Waals surface area (Å²) in [6.07, 6.45) is 5.75. The predicted octanol–water partition coefficient (Wildman–Crippen LogP) is 11.7. The van der Waals surface area contributed by atoms with Crippen molar-refractivity contribution in [2.24, 2.45) is 76.9 Å². The first kappa shape index (κ1) is 104. The second kappa shape index (κ2) is 47.8. The summed E-state index contributed by atoms with van der Waals surface area (Å²) >= 11 is 0. The lowest BCUT2D eigenvalue weighted by atomic mass is 9.76. The summed E-state index contributed by atoms with van der Waals surface area (Å²) in [4.78, 5) is 146. The van der Waals surface area contributed by atoms with E-state index in [1.807, 2.05) is 65.8 Å². The maximum absolute atomic E-state index is 14.8. The highest BCUT2D eigenvalue weighted by molar-refractivity contribution is 6.39. The Bertz CT molecular complexity index is 4010. The van der Waals surface area contributed by atoms with Gasteiger partial charge in [0.05, 0.1) is 62.0 Å². The minimum atomic E-state index is -2.60. The third kappa shape index (κ3) is 27.5. The molecule has 9 rings (SSSR count). The number of methoxy groups -OCH3 is 3. The molecule has 8 aliphatic rings. The average Bonchev–Trinajstić information content (AvgIpc) is 0.845. The van der Waals surface area contributed by atoms with Gasteiger partial charge in [0, 0.05) is 95.9 Å². The standard InChI is InChI=1S/C98H150N4O25/c1-55-39-56(2)42-72(80(107)52-79(106)67(13)87(63(9)48-71-32-34-77(104)82(50-71)119-14)125-94(114)74-25-17-19-35-101(74)91(111)89(109)97(117)64(10)45-61(7)85(126-97)60(6)41-55)23-21-37-122-95(115)99-53-68-27-29-69(30-28-68)54-100-96(116)123-38-22-24-73-43-57(3)40-58(4)44-83(120-15)88-84(121-16)49-65(11)98(118,127-88)90(110)92(112)102-36-20-18-26-75(102)93(113)124-86(66(12)78(105)51-81(73)108)62(8)47-70-31-33-76(103)59(5)46-70/h27-30,42-43,47-48,55,58-61,64-67,70-79,82-88,103-106,117-118H,17-26,31-41,44-46,49-54H2,1-16H3,(H,99,115)(H,100,116)/b56-42+,57-43+,62-47+,63-48+/t55-,58-,59+,60-,61-,64+,65+,66+,67+,70+,71-,72?,73+,74-,75-,76+,77+,78-,79-,82+,83-,84-,85+,86+,87+,88+,97+,98+/m0/s1. The first-order chi connectivity index (χ1) is 60.2. The van der Waals surface area contributed by atoms with E-state index >= 15 is 0 Å². The fourth-order valence-electron chi connectivity index (χ4n) is 21.2. The van der Waals surface area contributed by atoms with Gasteiger partial charge >= 0.3 is 24.1 Å². The third-order valence-electron chi connectivity index (χ3n) is 28.7. The number of piperidine rings is 2. The van der Waals surface area contributed by atoms with Gasteiger partial charge in [-0.15, -0.1) is 0 Å². The molecule has 6 heterocycles. The Labute approximate surface area is 751 Å². The van der Waals surface area contributed by atoms with Crippen molar-refractivity contribution in [3.63, 3.8) is 0 Å². The van der Waals surface area contributed by atoms with Crippen LogP contribution in [0.2, 0.25) is 0 Å². The largest absolute Gasteiger partial charge is 0.456 e. The second-order valence-electron chi connectivity index (χ2n) is 39.2. The van der Waals surface area contributed by atoms with Crippen molar-refractivity contribution in [1.82, 2.24) is 20.4 Å². The molecule has 0 aromatic heterocycles. The molecule has 712 valence electrons. The van der Waals surface area contributed by atoms with E-state index in [2.05, 4.69) is 17.6 Å². The number of carbonyl (C=O) groups is 10. The molecular weight excluding hydrogens is 1630 g/mol. The van der Waals surface area contributed by atoms with E-state index < -0.39 is 174 Å². The molecule has 1 aromatic carbocycles. The van der Waals surface area contributed by atoms with Crippen LogP contribution >= 0.6 is 0 Å². The average molecular weight is 1780 g/mol. The number of fused-ring (bicyclic) bond motifs is 6. The molecule has 2 aliphatic carbocycles. The third-order valence-corrected chi connectivity index (χ3v) is 28.7. The number of carbonyl (C=O) groups excluding carboxylic acids is 10. The lowest BCUT2D eigenvalue weighted by Gasteiger charge is -2.47. The molecular formula is C98H150N4O25. The monoisotopic (exact) mass is 1780 g/mol. The molecule has 4 amide bonds. The Kier molecular flexibility index (Phi) is 39.0. The zero-order valence-corrected chi connectivity index (χ0v) is 78.2. The van der Waals surface area contributed by atoms with E-state index in [4.69, 9.17) is 42.6 Å². The maximum atomic E-state index is 14.8. The van der Waals surface area contributed by atoms with Crippen LogP contribution in [0.1, 0.15) is 255 Å².